The van der Waals surface area contributed by atoms with Crippen molar-refractivity contribution in [3.8, 4) is 0 Å². The van der Waals surface area contributed by atoms with Gasteiger partial charge in [-0.15, -0.1) is 0 Å². The molecule has 0 amide bonds. The van der Waals surface area contributed by atoms with Gasteiger partial charge in [0.05, 0.1) is 0 Å². The zero-order valence-electron chi connectivity index (χ0n) is 8.29. The highest BCUT2D eigenvalue weighted by Crippen LogP contribution is 2.18. The third kappa shape index (κ3) is 3.50. The van der Waals surface area contributed by atoms with Gasteiger partial charge in [-0.05, 0) is 19.4 Å². The molecule has 0 heterocycles. The predicted octanol–water partition coefficient (Wildman–Crippen LogP) is 2.90. The van der Waals surface area contributed by atoms with Crippen molar-refractivity contribution in [1.82, 2.24) is 0 Å². The van der Waals surface area contributed by atoms with Crippen molar-refractivity contribution in [3.05, 3.63) is 35.9 Å². The van der Waals surface area contributed by atoms with Crippen LogP contribution in [0.4, 0.5) is 0 Å². The van der Waals surface area contributed by atoms with Crippen LogP contribution in [0.15, 0.2) is 30.3 Å². The summed E-state index contributed by atoms with van der Waals surface area (Å²) in [5.74, 6) is -0.249. The molecule has 1 rings (SSSR count). The van der Waals surface area contributed by atoms with Gasteiger partial charge in [-0.25, -0.2) is 0 Å². The van der Waals surface area contributed by atoms with Crippen LogP contribution >= 0.6 is 15.9 Å². The third-order valence-electron chi connectivity index (χ3n) is 1.70. The Morgan fingerprint density at radius 3 is 2.43 bits per heavy atom. The van der Waals surface area contributed by atoms with Crippen molar-refractivity contribution in [2.75, 3.05) is 0 Å². The summed E-state index contributed by atoms with van der Waals surface area (Å²) in [4.78, 5) is 11.4. The molecule has 0 saturated heterocycles. The van der Waals surface area contributed by atoms with Gasteiger partial charge < -0.3 is 4.74 Å². The quantitative estimate of drug-likeness (QED) is 0.614. The van der Waals surface area contributed by atoms with E-state index < -0.39 is 4.32 Å². The van der Waals surface area contributed by atoms with Crippen molar-refractivity contribution in [2.45, 2.75) is 24.8 Å². The lowest BCUT2D eigenvalue weighted by Crippen LogP contribution is -2.26. The molecule has 0 atom stereocenters. The molecule has 0 aliphatic heterocycles. The molecule has 3 heteroatoms. The zero-order chi connectivity index (χ0) is 10.6. The molecule has 1 aromatic carbocycles. The van der Waals surface area contributed by atoms with Gasteiger partial charge in [0, 0.05) is 0 Å². The highest BCUT2D eigenvalue weighted by molar-refractivity contribution is 9.10. The summed E-state index contributed by atoms with van der Waals surface area (Å²) >= 11 is 3.24. The van der Waals surface area contributed by atoms with Crippen LogP contribution in [0.5, 0.6) is 0 Å². The van der Waals surface area contributed by atoms with E-state index in [1.807, 2.05) is 30.3 Å². The van der Waals surface area contributed by atoms with Crippen molar-refractivity contribution in [3.63, 3.8) is 0 Å². The maximum absolute atomic E-state index is 11.4. The SMILES string of the molecule is CC(C)(Br)C(=O)OCc1ccccc1. The number of halogens is 1. The molecule has 0 aliphatic rings. The number of carbonyl (C=O) groups is 1. The van der Waals surface area contributed by atoms with E-state index in [4.69, 9.17) is 4.74 Å². The Morgan fingerprint density at radius 1 is 1.36 bits per heavy atom. The van der Waals surface area contributed by atoms with E-state index in [-0.39, 0.29) is 5.97 Å². The number of ether oxygens (including phenoxy) is 1. The average molecular weight is 257 g/mol. The molecule has 2 nitrogen and oxygen atoms in total. The van der Waals surface area contributed by atoms with Crippen molar-refractivity contribution in [1.29, 1.82) is 0 Å². The summed E-state index contributed by atoms with van der Waals surface area (Å²) in [6.45, 7) is 3.86. The average Bonchev–Trinajstić information content (AvgIpc) is 2.14. The molecule has 76 valence electrons. The summed E-state index contributed by atoms with van der Waals surface area (Å²) in [5, 5.41) is 0. The number of esters is 1. The van der Waals surface area contributed by atoms with Crippen LogP contribution in [-0.2, 0) is 16.1 Å². The number of rotatable bonds is 3. The minimum Gasteiger partial charge on any atom is -0.460 e. The fourth-order valence-corrected chi connectivity index (χ4v) is 1.01. The van der Waals surface area contributed by atoms with Gasteiger partial charge in [0.2, 0.25) is 0 Å². The first-order valence-electron chi connectivity index (χ1n) is 4.40. The Bertz CT molecular complexity index is 301. The lowest BCUT2D eigenvalue weighted by molar-refractivity contribution is -0.146. The minimum atomic E-state index is -0.609. The summed E-state index contributed by atoms with van der Waals surface area (Å²) in [7, 11) is 0. The highest BCUT2D eigenvalue weighted by Gasteiger charge is 2.25. The van der Waals surface area contributed by atoms with Gasteiger partial charge in [0.25, 0.3) is 0 Å². The van der Waals surface area contributed by atoms with Crippen LogP contribution in [0.1, 0.15) is 19.4 Å². The normalized spacial score (nSPS) is 11.1. The highest BCUT2D eigenvalue weighted by atomic mass is 79.9. The van der Waals surface area contributed by atoms with Crippen LogP contribution < -0.4 is 0 Å². The molecule has 0 N–H and O–H groups in total. The maximum atomic E-state index is 11.4. The zero-order valence-corrected chi connectivity index (χ0v) is 9.87. The summed E-state index contributed by atoms with van der Waals surface area (Å²) < 4.78 is 4.50. The molecule has 0 spiro atoms. The van der Waals surface area contributed by atoms with Crippen LogP contribution in [0.3, 0.4) is 0 Å². The fraction of sp³-hybridized carbons (Fsp3) is 0.364. The molecule has 14 heavy (non-hydrogen) atoms. The first-order valence-corrected chi connectivity index (χ1v) is 5.19. The number of hydrogen-bond donors (Lipinski definition) is 0. The number of alkyl halides is 1. The number of carbonyl (C=O) groups excluding carboxylic acids is 1. The van der Waals surface area contributed by atoms with E-state index in [1.54, 1.807) is 13.8 Å². The molecule has 0 aromatic heterocycles. The lowest BCUT2D eigenvalue weighted by atomic mass is 10.2. The third-order valence-corrected chi connectivity index (χ3v) is 2.02. The number of benzene rings is 1. The fourth-order valence-electron chi connectivity index (χ4n) is 0.895. The van der Waals surface area contributed by atoms with Crippen molar-refractivity contribution < 1.29 is 9.53 Å². The standard InChI is InChI=1S/C11H13BrO2/c1-11(2,12)10(13)14-8-9-6-4-3-5-7-9/h3-7H,8H2,1-2H3. The Kier molecular flexibility index (Phi) is 3.69. The van der Waals surface area contributed by atoms with Crippen LogP contribution in [0, 0.1) is 0 Å². The van der Waals surface area contributed by atoms with E-state index in [0.717, 1.165) is 5.56 Å². The van der Waals surface area contributed by atoms with Crippen molar-refractivity contribution in [2.24, 2.45) is 0 Å². The van der Waals surface area contributed by atoms with Gasteiger partial charge in [0.15, 0.2) is 0 Å². The Morgan fingerprint density at radius 2 is 1.93 bits per heavy atom. The molecule has 0 fully saturated rings. The van der Waals surface area contributed by atoms with E-state index in [9.17, 15) is 4.79 Å². The molecule has 1 aromatic rings. The lowest BCUT2D eigenvalue weighted by Gasteiger charge is -2.14. The van der Waals surface area contributed by atoms with Crippen LogP contribution in [-0.4, -0.2) is 10.3 Å². The Labute approximate surface area is 92.4 Å². The molecule has 0 saturated carbocycles. The van der Waals surface area contributed by atoms with Crippen LogP contribution in [0.25, 0.3) is 0 Å². The number of hydrogen-bond acceptors (Lipinski definition) is 2. The molecule has 0 aliphatic carbocycles. The smallest absolute Gasteiger partial charge is 0.322 e. The van der Waals surface area contributed by atoms with E-state index in [0.29, 0.717) is 6.61 Å². The van der Waals surface area contributed by atoms with Crippen molar-refractivity contribution >= 4 is 21.9 Å². The van der Waals surface area contributed by atoms with Gasteiger partial charge >= 0.3 is 5.97 Å². The second kappa shape index (κ2) is 4.60. The van der Waals surface area contributed by atoms with Gasteiger partial charge in [-0.3, -0.25) is 4.79 Å². The molecule has 0 bridgehead atoms. The summed E-state index contributed by atoms with van der Waals surface area (Å²) in [6.07, 6.45) is 0. The van der Waals surface area contributed by atoms with Gasteiger partial charge in [-0.1, -0.05) is 46.3 Å². The van der Waals surface area contributed by atoms with Gasteiger partial charge in [0.1, 0.15) is 10.9 Å². The second-order valence-corrected chi connectivity index (χ2v) is 5.52. The van der Waals surface area contributed by atoms with E-state index >= 15 is 0 Å². The predicted molar refractivity (Wildman–Crippen MR) is 59.2 cm³/mol. The monoisotopic (exact) mass is 256 g/mol. The topological polar surface area (TPSA) is 26.3 Å². The first kappa shape index (κ1) is 11.2. The maximum Gasteiger partial charge on any atom is 0.322 e. The summed E-state index contributed by atoms with van der Waals surface area (Å²) in [6, 6.07) is 9.62. The van der Waals surface area contributed by atoms with Crippen LogP contribution in [0.2, 0.25) is 0 Å². The first-order chi connectivity index (χ1) is 6.50. The van der Waals surface area contributed by atoms with E-state index in [2.05, 4.69) is 15.9 Å². The molecular weight excluding hydrogens is 244 g/mol. The molecule has 0 unspecified atom stereocenters. The largest absolute Gasteiger partial charge is 0.460 e. The molecule has 0 radical (unpaired) electrons. The Balaban J connectivity index is 2.46. The summed E-state index contributed by atoms with van der Waals surface area (Å²) in [5.41, 5.74) is 0.998. The second-order valence-electron chi connectivity index (χ2n) is 3.53. The minimum absolute atomic E-state index is 0.249. The Hall–Kier alpha value is -0.830. The van der Waals surface area contributed by atoms with Gasteiger partial charge in [-0.2, -0.15) is 0 Å². The van der Waals surface area contributed by atoms with E-state index in [1.165, 1.54) is 0 Å². The molecular formula is C11H13BrO2.